The molecule has 0 bridgehead atoms. The van der Waals surface area contributed by atoms with Crippen molar-refractivity contribution in [1.82, 2.24) is 19.3 Å². The first-order valence-electron chi connectivity index (χ1n) is 9.55. The van der Waals surface area contributed by atoms with Crippen molar-refractivity contribution in [2.75, 3.05) is 45.1 Å². The highest BCUT2D eigenvalue weighted by atomic mass is 32.2. The summed E-state index contributed by atoms with van der Waals surface area (Å²) in [6.07, 6.45) is 2.69. The van der Waals surface area contributed by atoms with E-state index in [1.54, 1.807) is 4.31 Å². The third-order valence-corrected chi connectivity index (χ3v) is 8.11. The lowest BCUT2D eigenvalue weighted by Gasteiger charge is -2.33. The fraction of sp³-hybridized carbons (Fsp3) is 0.882. The van der Waals surface area contributed by atoms with Gasteiger partial charge in [-0.2, -0.15) is 4.98 Å². The van der Waals surface area contributed by atoms with Crippen LogP contribution in [0.15, 0.2) is 4.52 Å². The standard InChI is InChI=1S/C17H28N4O4S/c1-3-8-26(22,23)21-10-14-9-20(15-4-6-24-7-5-15)11-17(14,12-21)16-18-13(2)19-25-16/h14-15H,3-12H2,1-2H3/t14-,17-/m1/s1. The van der Waals surface area contributed by atoms with Gasteiger partial charge in [-0.15, -0.1) is 0 Å². The molecule has 0 saturated carbocycles. The molecule has 0 N–H and O–H groups in total. The molecule has 2 atom stereocenters. The maximum absolute atomic E-state index is 12.7. The number of aryl methyl sites for hydroxylation is 1. The van der Waals surface area contributed by atoms with Gasteiger partial charge in [-0.3, -0.25) is 4.90 Å². The summed E-state index contributed by atoms with van der Waals surface area (Å²) in [5.74, 6) is 1.59. The van der Waals surface area contributed by atoms with Crippen LogP contribution in [0.1, 0.15) is 37.9 Å². The molecular formula is C17H28N4O4S. The van der Waals surface area contributed by atoms with Gasteiger partial charge in [-0.05, 0) is 26.2 Å². The minimum absolute atomic E-state index is 0.192. The van der Waals surface area contributed by atoms with Crippen molar-refractivity contribution in [2.24, 2.45) is 5.92 Å². The molecule has 0 amide bonds. The maximum atomic E-state index is 12.7. The van der Waals surface area contributed by atoms with Gasteiger partial charge >= 0.3 is 0 Å². The molecular weight excluding hydrogens is 356 g/mol. The molecule has 0 unspecified atom stereocenters. The molecule has 3 aliphatic rings. The molecule has 4 rings (SSSR count). The van der Waals surface area contributed by atoms with Crippen LogP contribution in [0.3, 0.4) is 0 Å². The van der Waals surface area contributed by atoms with E-state index in [4.69, 9.17) is 9.26 Å². The first-order chi connectivity index (χ1) is 12.4. The second-order valence-electron chi connectivity index (χ2n) is 7.88. The van der Waals surface area contributed by atoms with Crippen molar-refractivity contribution in [3.05, 3.63) is 11.7 Å². The molecule has 1 aromatic heterocycles. The van der Waals surface area contributed by atoms with Crippen molar-refractivity contribution >= 4 is 10.0 Å². The quantitative estimate of drug-likeness (QED) is 0.741. The molecule has 9 heteroatoms. The first kappa shape index (κ1) is 18.3. The van der Waals surface area contributed by atoms with Crippen LogP contribution in [0, 0.1) is 12.8 Å². The molecule has 0 aromatic carbocycles. The second-order valence-corrected chi connectivity index (χ2v) is 9.97. The van der Waals surface area contributed by atoms with Crippen LogP contribution in [0.2, 0.25) is 0 Å². The van der Waals surface area contributed by atoms with Crippen LogP contribution in [0.25, 0.3) is 0 Å². The summed E-state index contributed by atoms with van der Waals surface area (Å²) in [4.78, 5) is 7.01. The van der Waals surface area contributed by atoms with Crippen LogP contribution in [-0.4, -0.2) is 79.0 Å². The molecule has 3 aliphatic heterocycles. The van der Waals surface area contributed by atoms with Crippen LogP contribution < -0.4 is 0 Å². The summed E-state index contributed by atoms with van der Waals surface area (Å²) >= 11 is 0. The molecule has 0 radical (unpaired) electrons. The van der Waals surface area contributed by atoms with Crippen molar-refractivity contribution in [3.8, 4) is 0 Å². The normalized spacial score (nSPS) is 31.5. The Bertz CT molecular complexity index is 746. The van der Waals surface area contributed by atoms with Crippen LogP contribution in [0.5, 0.6) is 0 Å². The molecule has 26 heavy (non-hydrogen) atoms. The highest BCUT2D eigenvalue weighted by Gasteiger charge is 2.59. The molecule has 8 nitrogen and oxygen atoms in total. The number of likely N-dealkylation sites (tertiary alicyclic amines) is 1. The number of aromatic nitrogens is 2. The van der Waals surface area contributed by atoms with Crippen LogP contribution in [0.4, 0.5) is 0 Å². The number of nitrogens with zero attached hydrogens (tertiary/aromatic N) is 4. The molecule has 3 saturated heterocycles. The predicted molar refractivity (Wildman–Crippen MR) is 95.3 cm³/mol. The third-order valence-electron chi connectivity index (χ3n) is 6.12. The van der Waals surface area contributed by atoms with E-state index in [0.717, 1.165) is 39.1 Å². The number of sulfonamides is 1. The fourth-order valence-electron chi connectivity index (χ4n) is 4.79. The smallest absolute Gasteiger partial charge is 0.235 e. The van der Waals surface area contributed by atoms with E-state index in [1.165, 1.54) is 0 Å². The summed E-state index contributed by atoms with van der Waals surface area (Å²) in [6.45, 7) is 7.96. The molecule has 0 aliphatic carbocycles. The molecule has 3 fully saturated rings. The van der Waals surface area contributed by atoms with E-state index in [1.807, 2.05) is 13.8 Å². The van der Waals surface area contributed by atoms with Crippen molar-refractivity contribution in [2.45, 2.75) is 44.6 Å². The Balaban J connectivity index is 1.62. The van der Waals surface area contributed by atoms with Crippen molar-refractivity contribution in [3.63, 3.8) is 0 Å². The van der Waals surface area contributed by atoms with Crippen LogP contribution >= 0.6 is 0 Å². The maximum Gasteiger partial charge on any atom is 0.235 e. The number of rotatable bonds is 5. The Morgan fingerprint density at radius 3 is 2.65 bits per heavy atom. The Morgan fingerprint density at radius 2 is 2.00 bits per heavy atom. The molecule has 146 valence electrons. The Labute approximate surface area is 154 Å². The molecule has 4 heterocycles. The molecule has 1 aromatic rings. The van der Waals surface area contributed by atoms with E-state index in [9.17, 15) is 8.42 Å². The summed E-state index contributed by atoms with van der Waals surface area (Å²) in [7, 11) is -3.23. The lowest BCUT2D eigenvalue weighted by Crippen LogP contribution is -2.44. The predicted octanol–water partition coefficient (Wildman–Crippen LogP) is 0.782. The van der Waals surface area contributed by atoms with E-state index < -0.39 is 10.0 Å². The zero-order valence-corrected chi connectivity index (χ0v) is 16.4. The fourth-order valence-corrected chi connectivity index (χ4v) is 6.40. The summed E-state index contributed by atoms with van der Waals surface area (Å²) < 4.78 is 38.0. The summed E-state index contributed by atoms with van der Waals surface area (Å²) in [6, 6.07) is 0.496. The Morgan fingerprint density at radius 1 is 1.23 bits per heavy atom. The van der Waals surface area contributed by atoms with Crippen LogP contribution in [-0.2, 0) is 20.2 Å². The van der Waals surface area contributed by atoms with Gasteiger partial charge in [-0.25, -0.2) is 12.7 Å². The van der Waals surface area contributed by atoms with Gasteiger partial charge in [0, 0.05) is 51.4 Å². The lowest BCUT2D eigenvalue weighted by molar-refractivity contribution is 0.0382. The van der Waals surface area contributed by atoms with Gasteiger partial charge in [0.15, 0.2) is 5.82 Å². The van der Waals surface area contributed by atoms with Gasteiger partial charge in [0.2, 0.25) is 15.9 Å². The average molecular weight is 385 g/mol. The number of ether oxygens (including phenoxy) is 1. The van der Waals surface area contributed by atoms with Gasteiger partial charge < -0.3 is 9.26 Å². The minimum atomic E-state index is -3.23. The van der Waals surface area contributed by atoms with Gasteiger partial charge in [-0.1, -0.05) is 12.1 Å². The van der Waals surface area contributed by atoms with Crippen molar-refractivity contribution in [1.29, 1.82) is 0 Å². The zero-order chi connectivity index (χ0) is 18.4. The molecule has 0 spiro atoms. The van der Waals surface area contributed by atoms with Gasteiger partial charge in [0.25, 0.3) is 0 Å². The monoisotopic (exact) mass is 384 g/mol. The first-order valence-corrected chi connectivity index (χ1v) is 11.2. The SMILES string of the molecule is CCCS(=O)(=O)N1C[C@H]2CN(C3CCOCC3)C[C@@]2(c2nc(C)no2)C1. The van der Waals surface area contributed by atoms with Crippen molar-refractivity contribution < 1.29 is 17.7 Å². The highest BCUT2D eigenvalue weighted by molar-refractivity contribution is 7.89. The number of hydrogen-bond donors (Lipinski definition) is 0. The van der Waals surface area contributed by atoms with E-state index in [0.29, 0.717) is 37.3 Å². The van der Waals surface area contributed by atoms with E-state index >= 15 is 0 Å². The summed E-state index contributed by atoms with van der Waals surface area (Å²) in [5.41, 5.74) is -0.389. The van der Waals surface area contributed by atoms with Gasteiger partial charge in [0.1, 0.15) is 0 Å². The number of hydrogen-bond acceptors (Lipinski definition) is 7. The Kier molecular flexibility index (Phi) is 4.83. The highest BCUT2D eigenvalue weighted by Crippen LogP contribution is 2.46. The third kappa shape index (κ3) is 3.08. The lowest BCUT2D eigenvalue weighted by atomic mass is 9.81. The average Bonchev–Trinajstić information content (AvgIpc) is 3.28. The topological polar surface area (TPSA) is 88.8 Å². The summed E-state index contributed by atoms with van der Waals surface area (Å²) in [5, 5.41) is 3.98. The van der Waals surface area contributed by atoms with Gasteiger partial charge in [0.05, 0.1) is 11.2 Å². The largest absolute Gasteiger partial charge is 0.381 e. The number of fused-ring (bicyclic) bond motifs is 1. The Hall–Kier alpha value is -1.03. The minimum Gasteiger partial charge on any atom is -0.381 e. The van der Waals surface area contributed by atoms with E-state index in [2.05, 4.69) is 15.0 Å². The second kappa shape index (κ2) is 6.85. The van der Waals surface area contributed by atoms with E-state index in [-0.39, 0.29) is 17.1 Å². The zero-order valence-electron chi connectivity index (χ0n) is 15.6.